The molecule has 0 radical (unpaired) electrons. The Morgan fingerprint density at radius 1 is 1.26 bits per heavy atom. The Bertz CT molecular complexity index is 575. The lowest BCUT2D eigenvalue weighted by atomic mass is 9.89. The molecule has 0 spiro atoms. The second-order valence-electron chi connectivity index (χ2n) is 7.74. The highest BCUT2D eigenvalue weighted by atomic mass is 32.1. The van der Waals surface area contributed by atoms with E-state index in [-0.39, 0.29) is 5.54 Å². The number of nitrogens with one attached hydrogen (secondary N) is 1. The van der Waals surface area contributed by atoms with Crippen molar-refractivity contribution in [2.75, 3.05) is 66.6 Å². The van der Waals surface area contributed by atoms with Gasteiger partial charge in [-0.1, -0.05) is 6.07 Å². The topological polar surface area (TPSA) is 43.3 Å². The molecular weight excluding hydrogens is 358 g/mol. The van der Waals surface area contributed by atoms with Crippen molar-refractivity contribution in [3.05, 3.63) is 22.4 Å². The summed E-state index contributed by atoms with van der Waals surface area (Å²) in [5.74, 6) is 1.07. The number of hydrogen-bond donors (Lipinski definition) is 1. The number of rotatable bonds is 6. The fourth-order valence-electron chi connectivity index (χ4n) is 3.89. The van der Waals surface area contributed by atoms with Crippen molar-refractivity contribution in [3.63, 3.8) is 0 Å². The third kappa shape index (κ3) is 5.44. The van der Waals surface area contributed by atoms with Gasteiger partial charge in [0, 0.05) is 62.9 Å². The average molecular weight is 394 g/mol. The van der Waals surface area contributed by atoms with Crippen LogP contribution in [0, 0.1) is 0 Å². The van der Waals surface area contributed by atoms with Crippen LogP contribution in [0.15, 0.2) is 22.5 Å². The molecule has 3 rings (SSSR count). The largest absolute Gasteiger partial charge is 0.381 e. The first-order valence-corrected chi connectivity index (χ1v) is 11.0. The lowest BCUT2D eigenvalue weighted by Gasteiger charge is -2.42. The number of ether oxygens (including phenoxy) is 1. The predicted molar refractivity (Wildman–Crippen MR) is 114 cm³/mol. The van der Waals surface area contributed by atoms with E-state index in [9.17, 15) is 0 Å². The summed E-state index contributed by atoms with van der Waals surface area (Å²) in [6, 6.07) is 4.38. The van der Waals surface area contributed by atoms with Gasteiger partial charge in [-0.3, -0.25) is 9.89 Å². The number of thiophene rings is 1. The van der Waals surface area contributed by atoms with E-state index in [1.165, 1.54) is 4.88 Å². The molecule has 0 saturated carbocycles. The van der Waals surface area contributed by atoms with Gasteiger partial charge in [-0.25, -0.2) is 0 Å². The van der Waals surface area contributed by atoms with Crippen molar-refractivity contribution in [2.45, 2.75) is 31.8 Å². The lowest BCUT2D eigenvalue weighted by molar-refractivity contribution is -0.00268. The first-order chi connectivity index (χ1) is 13.1. The maximum atomic E-state index is 5.59. The number of piperazine rings is 1. The predicted octanol–water partition coefficient (Wildman–Crippen LogP) is 1.94. The van der Waals surface area contributed by atoms with Crippen LogP contribution in [-0.4, -0.2) is 92.8 Å². The molecule has 1 aromatic rings. The van der Waals surface area contributed by atoms with Crippen LogP contribution in [0.3, 0.4) is 0 Å². The van der Waals surface area contributed by atoms with E-state index in [4.69, 9.17) is 9.73 Å². The van der Waals surface area contributed by atoms with Crippen molar-refractivity contribution in [1.29, 1.82) is 0 Å². The molecule has 0 unspecified atom stereocenters. The van der Waals surface area contributed by atoms with Gasteiger partial charge in [0.25, 0.3) is 0 Å². The molecule has 3 heterocycles. The van der Waals surface area contributed by atoms with E-state index in [1.54, 1.807) is 0 Å². The Balaban J connectivity index is 1.59. The molecule has 2 aliphatic heterocycles. The monoisotopic (exact) mass is 393 g/mol. The molecule has 2 saturated heterocycles. The van der Waals surface area contributed by atoms with E-state index in [0.717, 1.165) is 77.8 Å². The van der Waals surface area contributed by atoms with Gasteiger partial charge < -0.3 is 19.9 Å². The molecule has 0 bridgehead atoms. The van der Waals surface area contributed by atoms with Crippen LogP contribution in [0.5, 0.6) is 0 Å². The zero-order valence-electron chi connectivity index (χ0n) is 17.1. The van der Waals surface area contributed by atoms with E-state index in [2.05, 4.69) is 58.5 Å². The molecule has 6 nitrogen and oxygen atoms in total. The lowest BCUT2D eigenvalue weighted by Crippen LogP contribution is -2.54. The van der Waals surface area contributed by atoms with Crippen LogP contribution in [0.25, 0.3) is 0 Å². The summed E-state index contributed by atoms with van der Waals surface area (Å²) < 4.78 is 5.59. The van der Waals surface area contributed by atoms with Crippen LogP contribution < -0.4 is 5.32 Å². The fourth-order valence-corrected chi connectivity index (χ4v) is 4.63. The van der Waals surface area contributed by atoms with Gasteiger partial charge in [-0.15, -0.1) is 11.3 Å². The smallest absolute Gasteiger partial charge is 0.194 e. The molecule has 7 heteroatoms. The summed E-state index contributed by atoms with van der Waals surface area (Å²) in [6.45, 7) is 10.9. The average Bonchev–Trinajstić information content (AvgIpc) is 3.19. The standard InChI is InChI=1S/C20H35N5OS/c1-4-21-19(22-17-20(23(2)3)7-13-26-14-8-20)25-11-9-24(10-12-25)16-18-6-5-15-27-18/h5-6,15H,4,7-14,16-17H2,1-3H3,(H,21,22). The Morgan fingerprint density at radius 3 is 2.59 bits per heavy atom. The van der Waals surface area contributed by atoms with Crippen molar-refractivity contribution >= 4 is 17.3 Å². The quantitative estimate of drug-likeness (QED) is 0.591. The Hall–Kier alpha value is -1.15. The highest BCUT2D eigenvalue weighted by Gasteiger charge is 2.35. The van der Waals surface area contributed by atoms with E-state index >= 15 is 0 Å². The zero-order chi connectivity index (χ0) is 19.1. The fraction of sp³-hybridized carbons (Fsp3) is 0.750. The second kappa shape index (κ2) is 9.87. The van der Waals surface area contributed by atoms with E-state index in [1.807, 2.05) is 11.3 Å². The highest BCUT2D eigenvalue weighted by Crippen LogP contribution is 2.26. The summed E-state index contributed by atoms with van der Waals surface area (Å²) in [7, 11) is 4.36. The molecule has 2 aliphatic rings. The Labute approximate surface area is 168 Å². The van der Waals surface area contributed by atoms with Gasteiger partial charge in [0.05, 0.1) is 6.54 Å². The molecule has 152 valence electrons. The number of likely N-dealkylation sites (N-methyl/N-ethyl adjacent to an activating group) is 1. The molecular formula is C20H35N5OS. The number of aliphatic imine (C=N–C) groups is 1. The number of guanidine groups is 1. The summed E-state index contributed by atoms with van der Waals surface area (Å²) in [6.07, 6.45) is 2.11. The molecule has 27 heavy (non-hydrogen) atoms. The van der Waals surface area contributed by atoms with Crippen molar-refractivity contribution in [3.8, 4) is 0 Å². The third-order valence-electron chi connectivity index (χ3n) is 5.86. The second-order valence-corrected chi connectivity index (χ2v) is 8.78. The first-order valence-electron chi connectivity index (χ1n) is 10.2. The van der Waals surface area contributed by atoms with Crippen LogP contribution in [0.1, 0.15) is 24.6 Å². The molecule has 0 atom stereocenters. The maximum Gasteiger partial charge on any atom is 0.194 e. The zero-order valence-corrected chi connectivity index (χ0v) is 17.9. The summed E-state index contributed by atoms with van der Waals surface area (Å²) >= 11 is 1.85. The van der Waals surface area contributed by atoms with Crippen LogP contribution in [0.4, 0.5) is 0 Å². The van der Waals surface area contributed by atoms with E-state index in [0.29, 0.717) is 0 Å². The summed E-state index contributed by atoms with van der Waals surface area (Å²) in [5.41, 5.74) is 0.125. The van der Waals surface area contributed by atoms with Gasteiger partial charge in [0.2, 0.25) is 0 Å². The van der Waals surface area contributed by atoms with Gasteiger partial charge in [0.1, 0.15) is 0 Å². The molecule has 1 aromatic heterocycles. The van der Waals surface area contributed by atoms with Gasteiger partial charge >= 0.3 is 0 Å². The summed E-state index contributed by atoms with van der Waals surface area (Å²) in [5, 5.41) is 5.68. The van der Waals surface area contributed by atoms with Gasteiger partial charge in [-0.2, -0.15) is 0 Å². The normalized spacial score (nSPS) is 21.6. The molecule has 0 amide bonds. The van der Waals surface area contributed by atoms with Crippen LogP contribution >= 0.6 is 11.3 Å². The molecule has 2 fully saturated rings. The minimum Gasteiger partial charge on any atom is -0.381 e. The van der Waals surface area contributed by atoms with Crippen LogP contribution in [-0.2, 0) is 11.3 Å². The van der Waals surface area contributed by atoms with Crippen LogP contribution in [0.2, 0.25) is 0 Å². The maximum absolute atomic E-state index is 5.59. The summed E-state index contributed by atoms with van der Waals surface area (Å²) in [4.78, 5) is 13.9. The van der Waals surface area contributed by atoms with Crippen molar-refractivity contribution < 1.29 is 4.74 Å². The Kier molecular flexibility index (Phi) is 7.52. The molecule has 0 aliphatic carbocycles. The van der Waals surface area contributed by atoms with Gasteiger partial charge in [-0.05, 0) is 45.3 Å². The van der Waals surface area contributed by atoms with Crippen molar-refractivity contribution in [1.82, 2.24) is 20.0 Å². The van der Waals surface area contributed by atoms with Crippen molar-refractivity contribution in [2.24, 2.45) is 4.99 Å². The van der Waals surface area contributed by atoms with Gasteiger partial charge in [0.15, 0.2) is 5.96 Å². The minimum absolute atomic E-state index is 0.125. The van der Waals surface area contributed by atoms with E-state index < -0.39 is 0 Å². The highest BCUT2D eigenvalue weighted by molar-refractivity contribution is 7.09. The molecule has 1 N–H and O–H groups in total. The minimum atomic E-state index is 0.125. The Morgan fingerprint density at radius 2 is 2.00 bits per heavy atom. The number of nitrogens with zero attached hydrogens (tertiary/aromatic N) is 4. The SMILES string of the molecule is CCNC(=NCC1(N(C)C)CCOCC1)N1CCN(Cc2cccs2)CC1. The third-order valence-corrected chi connectivity index (χ3v) is 6.72. The first kappa shape index (κ1) is 20.6. The number of hydrogen-bond acceptors (Lipinski definition) is 5. The molecule has 0 aromatic carbocycles.